The average molecular weight is 306 g/mol. The van der Waals surface area contributed by atoms with E-state index in [1.54, 1.807) is 9.58 Å². The molecule has 1 saturated heterocycles. The number of fused-ring (bicyclic) bond motifs is 1. The second kappa shape index (κ2) is 5.30. The summed E-state index contributed by atoms with van der Waals surface area (Å²) in [5.74, 6) is -0.677. The average Bonchev–Trinajstić information content (AvgIpc) is 3.10. The van der Waals surface area contributed by atoms with Crippen molar-refractivity contribution < 1.29 is 14.7 Å². The molecule has 7 heteroatoms. The van der Waals surface area contributed by atoms with E-state index in [4.69, 9.17) is 0 Å². The summed E-state index contributed by atoms with van der Waals surface area (Å²) in [4.78, 5) is 25.7. The number of aliphatic carboxylic acids is 1. The smallest absolute Gasteiger partial charge is 0.317 e. The first-order valence-electron chi connectivity index (χ1n) is 7.71. The van der Waals surface area contributed by atoms with Gasteiger partial charge in [0.05, 0.1) is 17.2 Å². The van der Waals surface area contributed by atoms with E-state index in [-0.39, 0.29) is 18.0 Å². The summed E-state index contributed by atoms with van der Waals surface area (Å²) in [5, 5.41) is 16.8. The summed E-state index contributed by atoms with van der Waals surface area (Å²) in [6, 6.07) is 1.46. The van der Waals surface area contributed by atoms with E-state index in [9.17, 15) is 14.7 Å². The SMILES string of the molecule is CC(NC(=O)N1C[C@@H]2CCC[C@@]2(C(=O)O)C1)c1ccn(C)n1. The molecule has 2 heterocycles. The van der Waals surface area contributed by atoms with Crippen molar-refractivity contribution in [3.8, 4) is 0 Å². The van der Waals surface area contributed by atoms with Crippen LogP contribution in [0.5, 0.6) is 0 Å². The number of aromatic nitrogens is 2. The molecule has 2 aliphatic rings. The molecular weight excluding hydrogens is 284 g/mol. The molecular formula is C15H22N4O3. The molecule has 2 N–H and O–H groups in total. The first-order chi connectivity index (χ1) is 10.4. The molecule has 7 nitrogen and oxygen atoms in total. The van der Waals surface area contributed by atoms with Crippen LogP contribution in [0.2, 0.25) is 0 Å². The number of carbonyl (C=O) groups excluding carboxylic acids is 1. The number of urea groups is 1. The molecule has 3 atom stereocenters. The highest BCUT2D eigenvalue weighted by molar-refractivity contribution is 5.80. The molecule has 120 valence electrons. The van der Waals surface area contributed by atoms with Crippen LogP contribution in [0, 0.1) is 11.3 Å². The Bertz CT molecular complexity index is 599. The fraction of sp³-hybridized carbons (Fsp3) is 0.667. The van der Waals surface area contributed by atoms with Crippen molar-refractivity contribution in [3.63, 3.8) is 0 Å². The predicted octanol–water partition coefficient (Wildman–Crippen LogP) is 1.38. The third-order valence-corrected chi connectivity index (χ3v) is 5.10. The standard InChI is InChI=1S/C15H22N4O3/c1-10(12-5-7-18(2)17-12)16-14(22)19-8-11-4-3-6-15(11,9-19)13(20)21/h5,7,10-11H,3-4,6,8-9H2,1-2H3,(H,16,22)(H,20,21)/t10?,11-,15+/m0/s1. The van der Waals surface area contributed by atoms with Gasteiger partial charge in [-0.3, -0.25) is 9.48 Å². The number of rotatable bonds is 3. The van der Waals surface area contributed by atoms with E-state index in [0.717, 1.165) is 18.5 Å². The number of carboxylic acid groups (broad SMARTS) is 1. The van der Waals surface area contributed by atoms with Crippen LogP contribution in [0.1, 0.15) is 37.9 Å². The number of hydrogen-bond donors (Lipinski definition) is 2. The summed E-state index contributed by atoms with van der Waals surface area (Å²) in [6.07, 6.45) is 4.34. The molecule has 1 saturated carbocycles. The van der Waals surface area contributed by atoms with Crippen molar-refractivity contribution in [2.45, 2.75) is 32.2 Å². The van der Waals surface area contributed by atoms with Crippen molar-refractivity contribution >= 4 is 12.0 Å². The maximum atomic E-state index is 12.4. The van der Waals surface area contributed by atoms with Crippen molar-refractivity contribution in [3.05, 3.63) is 18.0 Å². The zero-order valence-electron chi connectivity index (χ0n) is 13.0. The van der Waals surface area contributed by atoms with Gasteiger partial charge >= 0.3 is 12.0 Å². The highest BCUT2D eigenvalue weighted by atomic mass is 16.4. The Balaban J connectivity index is 1.66. The van der Waals surface area contributed by atoms with Gasteiger partial charge in [0.15, 0.2) is 0 Å². The van der Waals surface area contributed by atoms with Gasteiger partial charge in [-0.1, -0.05) is 6.42 Å². The Kier molecular flexibility index (Phi) is 3.58. The molecule has 0 aromatic carbocycles. The van der Waals surface area contributed by atoms with Gasteiger partial charge < -0.3 is 15.3 Å². The van der Waals surface area contributed by atoms with Crippen LogP contribution in [0.4, 0.5) is 4.79 Å². The van der Waals surface area contributed by atoms with Gasteiger partial charge in [-0.2, -0.15) is 5.10 Å². The van der Waals surface area contributed by atoms with Crippen molar-refractivity contribution in [1.82, 2.24) is 20.0 Å². The van der Waals surface area contributed by atoms with E-state index in [1.807, 2.05) is 26.2 Å². The molecule has 22 heavy (non-hydrogen) atoms. The number of carbonyl (C=O) groups is 2. The third kappa shape index (κ3) is 2.34. The van der Waals surface area contributed by atoms with E-state index in [0.29, 0.717) is 19.5 Å². The number of nitrogens with zero attached hydrogens (tertiary/aromatic N) is 3. The predicted molar refractivity (Wildman–Crippen MR) is 79.1 cm³/mol. The first kappa shape index (κ1) is 14.9. The molecule has 2 amide bonds. The zero-order valence-corrected chi connectivity index (χ0v) is 13.0. The number of amides is 2. The van der Waals surface area contributed by atoms with Crippen LogP contribution >= 0.6 is 0 Å². The topological polar surface area (TPSA) is 87.5 Å². The lowest BCUT2D eigenvalue weighted by molar-refractivity contribution is -0.149. The fourth-order valence-electron chi connectivity index (χ4n) is 3.81. The molecule has 0 spiro atoms. The number of aryl methyl sites for hydroxylation is 1. The molecule has 3 rings (SSSR count). The van der Waals surface area contributed by atoms with Crippen LogP contribution in [-0.4, -0.2) is 44.9 Å². The van der Waals surface area contributed by atoms with E-state index < -0.39 is 11.4 Å². The highest BCUT2D eigenvalue weighted by Gasteiger charge is 2.55. The molecule has 1 aliphatic heterocycles. The summed E-state index contributed by atoms with van der Waals surface area (Å²) in [5.41, 5.74) is 0.0640. The van der Waals surface area contributed by atoms with Gasteiger partial charge in [-0.15, -0.1) is 0 Å². The number of likely N-dealkylation sites (tertiary alicyclic amines) is 1. The maximum absolute atomic E-state index is 12.4. The van der Waals surface area contributed by atoms with Gasteiger partial charge in [-0.05, 0) is 31.7 Å². The van der Waals surface area contributed by atoms with Crippen LogP contribution in [0.25, 0.3) is 0 Å². The van der Waals surface area contributed by atoms with Crippen molar-refractivity contribution in [2.75, 3.05) is 13.1 Å². The van der Waals surface area contributed by atoms with Crippen LogP contribution in [0.3, 0.4) is 0 Å². The number of nitrogens with one attached hydrogen (secondary N) is 1. The Hall–Kier alpha value is -2.05. The number of hydrogen-bond acceptors (Lipinski definition) is 3. The molecule has 2 fully saturated rings. The Labute approximate surface area is 129 Å². The molecule has 1 aromatic rings. The second-order valence-corrected chi connectivity index (χ2v) is 6.52. The maximum Gasteiger partial charge on any atom is 0.317 e. The summed E-state index contributed by atoms with van der Waals surface area (Å²) >= 11 is 0. The summed E-state index contributed by atoms with van der Waals surface area (Å²) < 4.78 is 1.69. The van der Waals surface area contributed by atoms with Gasteiger partial charge in [0.25, 0.3) is 0 Å². The monoisotopic (exact) mass is 306 g/mol. The minimum absolute atomic E-state index is 0.0842. The van der Waals surface area contributed by atoms with Gasteiger partial charge in [0, 0.05) is 26.3 Å². The lowest BCUT2D eigenvalue weighted by Crippen LogP contribution is -2.42. The van der Waals surface area contributed by atoms with Gasteiger partial charge in [0.2, 0.25) is 0 Å². The van der Waals surface area contributed by atoms with Gasteiger partial charge in [0.1, 0.15) is 0 Å². The zero-order chi connectivity index (χ0) is 15.9. The van der Waals surface area contributed by atoms with Crippen molar-refractivity contribution in [2.24, 2.45) is 18.4 Å². The first-order valence-corrected chi connectivity index (χ1v) is 7.71. The summed E-state index contributed by atoms with van der Waals surface area (Å²) in [6.45, 7) is 2.73. The molecule has 1 aliphatic carbocycles. The van der Waals surface area contributed by atoms with Gasteiger partial charge in [-0.25, -0.2) is 4.79 Å². The normalized spacial score (nSPS) is 28.5. The Morgan fingerprint density at radius 2 is 2.32 bits per heavy atom. The highest BCUT2D eigenvalue weighted by Crippen LogP contribution is 2.48. The minimum Gasteiger partial charge on any atom is -0.481 e. The quantitative estimate of drug-likeness (QED) is 0.883. The second-order valence-electron chi connectivity index (χ2n) is 6.52. The largest absolute Gasteiger partial charge is 0.481 e. The number of carboxylic acids is 1. The Morgan fingerprint density at radius 1 is 1.55 bits per heavy atom. The minimum atomic E-state index is -0.761. The third-order valence-electron chi connectivity index (χ3n) is 5.10. The van der Waals surface area contributed by atoms with E-state index >= 15 is 0 Å². The molecule has 1 unspecified atom stereocenters. The van der Waals surface area contributed by atoms with E-state index in [2.05, 4.69) is 10.4 Å². The molecule has 0 bridgehead atoms. The van der Waals surface area contributed by atoms with Crippen molar-refractivity contribution in [1.29, 1.82) is 0 Å². The lowest BCUT2D eigenvalue weighted by atomic mass is 9.81. The molecule has 1 aromatic heterocycles. The van der Waals surface area contributed by atoms with Crippen LogP contribution in [-0.2, 0) is 11.8 Å². The Morgan fingerprint density at radius 3 is 2.91 bits per heavy atom. The van der Waals surface area contributed by atoms with E-state index in [1.165, 1.54) is 0 Å². The molecule has 0 radical (unpaired) electrons. The summed E-state index contributed by atoms with van der Waals surface area (Å²) in [7, 11) is 1.83. The lowest BCUT2D eigenvalue weighted by Gasteiger charge is -2.24. The fourth-order valence-corrected chi connectivity index (χ4v) is 3.81. The van der Waals surface area contributed by atoms with Crippen LogP contribution in [0.15, 0.2) is 12.3 Å². The van der Waals surface area contributed by atoms with Crippen LogP contribution < -0.4 is 5.32 Å².